The molecule has 0 radical (unpaired) electrons. The number of benzene rings is 1. The second kappa shape index (κ2) is 2.78. The van der Waals surface area contributed by atoms with Crippen molar-refractivity contribution in [3.05, 3.63) is 28.4 Å². The van der Waals surface area contributed by atoms with Gasteiger partial charge >= 0.3 is 0 Å². The normalized spacial score (nSPS) is 12.0. The first-order valence-corrected chi connectivity index (χ1v) is 7.18. The third-order valence-electron chi connectivity index (χ3n) is 2.60. The van der Waals surface area contributed by atoms with Gasteiger partial charge in [0.15, 0.2) is 0 Å². The van der Waals surface area contributed by atoms with E-state index in [1.165, 1.54) is 30.4 Å². The quantitative estimate of drug-likeness (QED) is 0.438. The zero-order chi connectivity index (χ0) is 9.83. The van der Waals surface area contributed by atoms with Gasteiger partial charge in [0.2, 0.25) is 0 Å². The van der Waals surface area contributed by atoms with E-state index in [1.54, 1.807) is 22.7 Å². The minimum Gasteiger partial charge on any atom is -0.243 e. The molecule has 4 aromatic rings. The maximum absolute atomic E-state index is 4.48. The van der Waals surface area contributed by atoms with Crippen LogP contribution in [0.4, 0.5) is 0 Å². The highest BCUT2D eigenvalue weighted by atomic mass is 32.1. The minimum atomic E-state index is 1.18. The number of rotatable bonds is 0. The molecule has 0 aliphatic heterocycles. The average molecular weight is 247 g/mol. The van der Waals surface area contributed by atoms with Gasteiger partial charge in [-0.05, 0) is 22.9 Å². The van der Waals surface area contributed by atoms with E-state index in [1.807, 2.05) is 16.8 Å². The van der Waals surface area contributed by atoms with Gasteiger partial charge in [-0.3, -0.25) is 0 Å². The Morgan fingerprint density at radius 1 is 0.800 bits per heavy atom. The van der Waals surface area contributed by atoms with E-state index >= 15 is 0 Å². The van der Waals surface area contributed by atoms with Gasteiger partial charge in [-0.1, -0.05) is 0 Å². The summed E-state index contributed by atoms with van der Waals surface area (Å²) in [6, 6.07) is 4.41. The van der Waals surface area contributed by atoms with Crippen LogP contribution in [0.3, 0.4) is 0 Å². The molecule has 15 heavy (non-hydrogen) atoms. The summed E-state index contributed by atoms with van der Waals surface area (Å²) in [5.74, 6) is 0. The average Bonchev–Trinajstić information content (AvgIpc) is 2.97. The van der Waals surface area contributed by atoms with E-state index in [2.05, 4.69) is 27.9 Å². The molecule has 1 aromatic carbocycles. The lowest BCUT2D eigenvalue weighted by Gasteiger charge is -1.95. The molecule has 72 valence electrons. The molecular weight excluding hydrogens is 242 g/mol. The first kappa shape index (κ1) is 8.21. The van der Waals surface area contributed by atoms with E-state index in [0.717, 1.165) is 0 Å². The van der Waals surface area contributed by atoms with Gasteiger partial charge in [0.25, 0.3) is 0 Å². The first-order valence-electron chi connectivity index (χ1n) is 4.55. The Balaban J connectivity index is 2.56. The second-order valence-electron chi connectivity index (χ2n) is 3.36. The van der Waals surface area contributed by atoms with Crippen molar-refractivity contribution in [2.45, 2.75) is 0 Å². The summed E-state index contributed by atoms with van der Waals surface area (Å²) < 4.78 is 4.07. The molecule has 0 saturated carbocycles. The molecule has 1 nitrogen and oxygen atoms in total. The molecule has 0 saturated heterocycles. The van der Waals surface area contributed by atoms with Crippen molar-refractivity contribution in [2.24, 2.45) is 0 Å². The Labute approximate surface area is 97.6 Å². The number of thiophene rings is 2. The van der Waals surface area contributed by atoms with E-state index in [-0.39, 0.29) is 0 Å². The molecule has 0 amide bonds. The van der Waals surface area contributed by atoms with Crippen LogP contribution >= 0.6 is 34.0 Å². The maximum Gasteiger partial charge on any atom is 0.0997 e. The first-order chi connectivity index (χ1) is 7.45. The molecular formula is C11H5NS3. The minimum absolute atomic E-state index is 1.18. The van der Waals surface area contributed by atoms with Crippen molar-refractivity contribution in [3.8, 4) is 0 Å². The number of nitrogens with zero attached hydrogens (tertiary/aromatic N) is 1. The molecule has 4 rings (SSSR count). The summed E-state index contributed by atoms with van der Waals surface area (Å²) >= 11 is 5.36. The highest BCUT2D eigenvalue weighted by molar-refractivity contribution is 7.24. The number of aromatic nitrogens is 1. The summed E-state index contributed by atoms with van der Waals surface area (Å²) in [5.41, 5.74) is 3.12. The van der Waals surface area contributed by atoms with Crippen molar-refractivity contribution >= 4 is 64.4 Å². The molecule has 0 atom stereocenters. The molecule has 0 spiro atoms. The van der Waals surface area contributed by atoms with Crippen molar-refractivity contribution in [2.75, 3.05) is 0 Å². The van der Waals surface area contributed by atoms with Crippen molar-refractivity contribution in [1.29, 1.82) is 0 Å². The van der Waals surface area contributed by atoms with Crippen LogP contribution in [0.15, 0.2) is 28.4 Å². The highest BCUT2D eigenvalue weighted by Gasteiger charge is 2.11. The SMILES string of the molecule is c1cc2c(s1)c1ccsc1c1ncsc21. The fourth-order valence-corrected chi connectivity index (χ4v) is 4.83. The molecule has 0 aliphatic carbocycles. The molecule has 0 N–H and O–H groups in total. The smallest absolute Gasteiger partial charge is 0.0997 e. The van der Waals surface area contributed by atoms with Gasteiger partial charge in [-0.15, -0.1) is 34.0 Å². The Bertz CT molecular complexity index is 580. The Hall–Kier alpha value is -0.970. The molecule has 3 heterocycles. The van der Waals surface area contributed by atoms with Gasteiger partial charge in [-0.25, -0.2) is 4.98 Å². The molecule has 4 heteroatoms. The lowest BCUT2D eigenvalue weighted by atomic mass is 10.2. The van der Waals surface area contributed by atoms with Gasteiger partial charge in [0, 0.05) is 15.5 Å². The molecule has 0 bridgehead atoms. The number of thiazole rings is 1. The summed E-state index contributed by atoms with van der Waals surface area (Å²) in [6.45, 7) is 0. The van der Waals surface area contributed by atoms with Gasteiger partial charge in [0.1, 0.15) is 0 Å². The van der Waals surface area contributed by atoms with Crippen LogP contribution in [-0.2, 0) is 0 Å². The summed E-state index contributed by atoms with van der Waals surface area (Å²) in [7, 11) is 0. The molecule has 0 aliphatic rings. The standard InChI is InChI=1S/C11H5NS3/c1-3-13-9-6-2-4-14-10(6)8-11(7(1)9)15-5-12-8/h1-5H. The van der Waals surface area contributed by atoms with Crippen LogP contribution in [0.25, 0.3) is 30.4 Å². The molecule has 0 unspecified atom stereocenters. The number of fused-ring (bicyclic) bond motifs is 6. The van der Waals surface area contributed by atoms with Crippen LogP contribution in [-0.4, -0.2) is 4.98 Å². The van der Waals surface area contributed by atoms with Gasteiger partial charge in [0.05, 0.1) is 20.4 Å². The third-order valence-corrected chi connectivity index (χ3v) is 5.33. The molecule has 0 fully saturated rings. The fourth-order valence-electron chi connectivity index (χ4n) is 1.97. The van der Waals surface area contributed by atoms with E-state index < -0.39 is 0 Å². The lowest BCUT2D eigenvalue weighted by Crippen LogP contribution is -1.70. The van der Waals surface area contributed by atoms with Crippen molar-refractivity contribution < 1.29 is 0 Å². The zero-order valence-corrected chi connectivity index (χ0v) is 10.0. The Morgan fingerprint density at radius 2 is 1.47 bits per heavy atom. The maximum atomic E-state index is 4.48. The van der Waals surface area contributed by atoms with Gasteiger partial charge in [-0.2, -0.15) is 0 Å². The van der Waals surface area contributed by atoms with E-state index in [4.69, 9.17) is 0 Å². The summed E-state index contributed by atoms with van der Waals surface area (Å²) in [4.78, 5) is 4.48. The predicted octanol–water partition coefficient (Wildman–Crippen LogP) is 4.73. The van der Waals surface area contributed by atoms with Crippen LogP contribution in [0.5, 0.6) is 0 Å². The largest absolute Gasteiger partial charge is 0.243 e. The Morgan fingerprint density at radius 3 is 2.27 bits per heavy atom. The monoisotopic (exact) mass is 247 g/mol. The van der Waals surface area contributed by atoms with Gasteiger partial charge < -0.3 is 0 Å². The number of hydrogen-bond donors (Lipinski definition) is 0. The molecule has 3 aromatic heterocycles. The highest BCUT2D eigenvalue weighted by Crippen LogP contribution is 2.41. The summed E-state index contributed by atoms with van der Waals surface area (Å²) in [6.07, 6.45) is 0. The van der Waals surface area contributed by atoms with Crippen LogP contribution in [0, 0.1) is 0 Å². The summed E-state index contributed by atoms with van der Waals surface area (Å²) in [5, 5.41) is 7.05. The topological polar surface area (TPSA) is 12.9 Å². The Kier molecular flexibility index (Phi) is 1.52. The van der Waals surface area contributed by atoms with Crippen LogP contribution in [0.2, 0.25) is 0 Å². The van der Waals surface area contributed by atoms with Crippen molar-refractivity contribution in [1.82, 2.24) is 4.98 Å². The van der Waals surface area contributed by atoms with Crippen LogP contribution < -0.4 is 0 Å². The van der Waals surface area contributed by atoms with E-state index in [0.29, 0.717) is 0 Å². The lowest BCUT2D eigenvalue weighted by molar-refractivity contribution is 1.53. The van der Waals surface area contributed by atoms with E-state index in [9.17, 15) is 0 Å². The van der Waals surface area contributed by atoms with Crippen LogP contribution in [0.1, 0.15) is 0 Å². The van der Waals surface area contributed by atoms with Crippen molar-refractivity contribution in [3.63, 3.8) is 0 Å². The zero-order valence-electron chi connectivity index (χ0n) is 7.56. The second-order valence-corrected chi connectivity index (χ2v) is 6.04. The predicted molar refractivity (Wildman–Crippen MR) is 70.4 cm³/mol. The third kappa shape index (κ3) is 0.942. The number of hydrogen-bond acceptors (Lipinski definition) is 4. The fraction of sp³-hybridized carbons (Fsp3) is 0.